The van der Waals surface area contributed by atoms with Gasteiger partial charge < -0.3 is 5.48 Å². The molecule has 0 heterocycles. The summed E-state index contributed by atoms with van der Waals surface area (Å²) in [5, 5.41) is 0. The zero-order chi connectivity index (χ0) is 0. The molecule has 0 rings (SSSR count). The molecule has 0 spiro atoms. The maximum Gasteiger partial charge on any atom is 2.00 e. The van der Waals surface area contributed by atoms with E-state index in [1.807, 2.05) is 0 Å². The van der Waals surface area contributed by atoms with E-state index >= 15 is 0 Å². The molecule has 4 heavy (non-hydrogen) atoms. The summed E-state index contributed by atoms with van der Waals surface area (Å²) in [6.07, 6.45) is 0. The molecule has 0 saturated heterocycles. The van der Waals surface area contributed by atoms with Gasteiger partial charge in [0.1, 0.15) is 0 Å². The molecule has 0 atom stereocenters. The van der Waals surface area contributed by atoms with Gasteiger partial charge in [-0.15, -0.1) is 0 Å². The molecule has 0 amide bonds. The Morgan fingerprint density at radius 2 is 1.00 bits per heavy atom. The average Bonchev–Trinajstić information content (AvgIpc) is 0. The van der Waals surface area contributed by atoms with Crippen LogP contribution in [0.2, 0.25) is 0 Å². The van der Waals surface area contributed by atoms with E-state index in [-0.39, 0.29) is 58.2 Å². The van der Waals surface area contributed by atoms with Crippen LogP contribution in [-0.4, -0.2) is 0 Å². The molecule has 2 radical (unpaired) electrons. The Morgan fingerprint density at radius 1 is 1.00 bits per heavy atom. The van der Waals surface area contributed by atoms with Gasteiger partial charge in [0.15, 0.2) is 0 Å². The summed E-state index contributed by atoms with van der Waals surface area (Å²) in [5.74, 6) is 0. The van der Waals surface area contributed by atoms with Gasteiger partial charge in [0.05, 0.1) is 0 Å². The predicted molar refractivity (Wildman–Crippen MR) is 0.686 cm³/mol. The van der Waals surface area contributed by atoms with E-state index in [9.17, 15) is 0 Å². The molecule has 0 aliphatic carbocycles. The average molecular weight is 178 g/mol. The largest absolute Gasteiger partial charge is 2.00 e. The molecule has 0 saturated carbocycles. The Balaban J connectivity index is 0. The van der Waals surface area contributed by atoms with Crippen molar-refractivity contribution in [3.63, 3.8) is 0 Å². The first kappa shape index (κ1) is 46.8. The van der Waals surface area contributed by atoms with Crippen LogP contribution < -0.4 is 0 Å². The van der Waals surface area contributed by atoms with Crippen molar-refractivity contribution in [2.75, 3.05) is 0 Å². The first-order valence-electron chi connectivity index (χ1n) is 0. The van der Waals surface area contributed by atoms with Gasteiger partial charge in [-0.1, -0.05) is 0 Å². The summed E-state index contributed by atoms with van der Waals surface area (Å²) in [5.41, 5.74) is 0. The van der Waals surface area contributed by atoms with Gasteiger partial charge in [-0.05, 0) is 0 Å². The molecule has 0 aliphatic rings. The maximum atomic E-state index is 0. The van der Waals surface area contributed by atoms with Crippen molar-refractivity contribution in [2.24, 2.45) is 0 Å². The summed E-state index contributed by atoms with van der Waals surface area (Å²) >= 11 is 0. The van der Waals surface area contributed by atoms with Crippen molar-refractivity contribution >= 4 is 0 Å². The van der Waals surface area contributed by atoms with Crippen LogP contribution in [-0.2, 0) is 58.2 Å². The van der Waals surface area contributed by atoms with Gasteiger partial charge in [-0.25, -0.2) is 0 Å². The second kappa shape index (κ2) is 23.5. The third-order valence-corrected chi connectivity index (χ3v) is 0. The third kappa shape index (κ3) is 9.54. The van der Waals surface area contributed by atoms with Crippen molar-refractivity contribution in [2.45, 2.75) is 0 Å². The fourth-order valence-corrected chi connectivity index (χ4v) is 0. The van der Waals surface area contributed by atoms with Gasteiger partial charge in [0.2, 0.25) is 0 Å². The molecule has 0 fully saturated rings. The minimum Gasteiger partial charge on any atom is -2.00 e. The van der Waals surface area contributed by atoms with Crippen LogP contribution in [0.1, 0.15) is 0 Å². The minimum atomic E-state index is 0. The zero-order valence-corrected chi connectivity index (χ0v) is 5.27. The Morgan fingerprint density at radius 3 is 1.00 bits per heavy atom. The Labute approximate surface area is 58.0 Å². The first-order chi connectivity index (χ1) is 0. The summed E-state index contributed by atoms with van der Waals surface area (Å²) < 4.78 is 0. The minimum absolute atomic E-state index is 0. The van der Waals surface area contributed by atoms with Crippen molar-refractivity contribution in [3.05, 3.63) is 0 Å². The van der Waals surface area contributed by atoms with Gasteiger partial charge >= 0.3 is 34.1 Å². The van der Waals surface area contributed by atoms with Crippen molar-refractivity contribution in [3.8, 4) is 0 Å². The SMILES string of the molecule is [Fe+2].[Mn+2].[O-2].[V]. The Hall–Kier alpha value is 1.58. The molecular weight excluding hydrogens is 178 g/mol. The fraction of sp³-hybridized carbons (Fsp3) is 0. The summed E-state index contributed by atoms with van der Waals surface area (Å²) in [6.45, 7) is 0. The molecular formula is FeMnOV+2. The molecule has 24 valence electrons. The van der Waals surface area contributed by atoms with E-state index in [0.717, 1.165) is 0 Å². The first-order valence-corrected chi connectivity index (χ1v) is 0. The van der Waals surface area contributed by atoms with Crippen LogP contribution in [0.3, 0.4) is 0 Å². The monoisotopic (exact) mass is 178 g/mol. The van der Waals surface area contributed by atoms with Crippen LogP contribution in [0.15, 0.2) is 0 Å². The van der Waals surface area contributed by atoms with Crippen LogP contribution >= 0.6 is 0 Å². The van der Waals surface area contributed by atoms with Crippen LogP contribution in [0.25, 0.3) is 0 Å². The molecule has 0 N–H and O–H groups in total. The molecule has 1 nitrogen and oxygen atoms in total. The smallest absolute Gasteiger partial charge is 2.00 e. The zero-order valence-electron chi connectivity index (χ0n) is 1.59. The Kier molecular flexibility index (Phi) is 275. The Bertz CT molecular complexity index is 8.00. The number of hydrogen-bond acceptors (Lipinski definition) is 0. The number of hydrogen-bond donors (Lipinski definition) is 0. The standard InChI is InChI=1S/Fe.Mn.O.V/q2*+2;-2;. The van der Waals surface area contributed by atoms with Crippen molar-refractivity contribution < 1.29 is 58.2 Å². The van der Waals surface area contributed by atoms with Gasteiger partial charge in [0, 0.05) is 18.6 Å². The second-order valence-electron chi connectivity index (χ2n) is 0. The third-order valence-electron chi connectivity index (χ3n) is 0. The summed E-state index contributed by atoms with van der Waals surface area (Å²) in [7, 11) is 0. The summed E-state index contributed by atoms with van der Waals surface area (Å²) in [6, 6.07) is 0. The molecule has 0 aromatic heterocycles. The van der Waals surface area contributed by atoms with Crippen molar-refractivity contribution in [1.82, 2.24) is 0 Å². The predicted octanol–water partition coefficient (Wildman–Crippen LogP) is -0.126. The van der Waals surface area contributed by atoms with E-state index < -0.39 is 0 Å². The fourth-order valence-electron chi connectivity index (χ4n) is 0. The van der Waals surface area contributed by atoms with Crippen molar-refractivity contribution in [1.29, 1.82) is 0 Å². The van der Waals surface area contributed by atoms with Crippen LogP contribution in [0.4, 0.5) is 0 Å². The molecule has 0 aromatic rings. The molecule has 0 unspecified atom stereocenters. The van der Waals surface area contributed by atoms with Crippen LogP contribution in [0, 0.1) is 0 Å². The van der Waals surface area contributed by atoms with Gasteiger partial charge in [0.25, 0.3) is 0 Å². The van der Waals surface area contributed by atoms with E-state index in [2.05, 4.69) is 0 Å². The normalized spacial score (nSPS) is 0. The van der Waals surface area contributed by atoms with E-state index in [4.69, 9.17) is 0 Å². The van der Waals surface area contributed by atoms with E-state index in [0.29, 0.717) is 0 Å². The van der Waals surface area contributed by atoms with E-state index in [1.54, 1.807) is 0 Å². The van der Waals surface area contributed by atoms with E-state index in [1.165, 1.54) is 0 Å². The number of rotatable bonds is 0. The molecule has 0 aromatic carbocycles. The summed E-state index contributed by atoms with van der Waals surface area (Å²) in [4.78, 5) is 0. The molecule has 0 aliphatic heterocycles. The maximum absolute atomic E-state index is 0. The topological polar surface area (TPSA) is 28.5 Å². The second-order valence-corrected chi connectivity index (χ2v) is 0. The van der Waals surface area contributed by atoms with Gasteiger partial charge in [-0.2, -0.15) is 0 Å². The van der Waals surface area contributed by atoms with Gasteiger partial charge in [-0.3, -0.25) is 0 Å². The van der Waals surface area contributed by atoms with Crippen LogP contribution in [0.5, 0.6) is 0 Å². The quantitative estimate of drug-likeness (QED) is 0.462. The molecule has 4 heteroatoms. The molecule has 0 bridgehead atoms.